The Hall–Kier alpha value is -0.150. The highest BCUT2D eigenvalue weighted by Gasteiger charge is 2.26. The Morgan fingerprint density at radius 2 is 2.30 bits per heavy atom. The highest BCUT2D eigenvalue weighted by atomic mass is 32.1. The number of hydrogen-bond donors (Lipinski definition) is 1. The van der Waals surface area contributed by atoms with Crippen LogP contribution >= 0.6 is 12.2 Å². The molecule has 1 aliphatic rings. The maximum atomic E-state index is 9.25. The topological polar surface area (TPSA) is 29.5 Å². The Bertz CT molecular complexity index is 136. The maximum Gasteiger partial charge on any atom is 0.157 e. The highest BCUT2D eigenvalue weighted by molar-refractivity contribution is 7.80. The van der Waals surface area contributed by atoms with E-state index in [4.69, 9.17) is 17.0 Å². The summed E-state index contributed by atoms with van der Waals surface area (Å²) in [5.41, 5.74) is 0. The summed E-state index contributed by atoms with van der Waals surface area (Å²) in [5, 5.41) is 9.79. The van der Waals surface area contributed by atoms with Crippen LogP contribution in [-0.2, 0) is 4.74 Å². The van der Waals surface area contributed by atoms with Crippen LogP contribution < -0.4 is 0 Å². The average Bonchev–Trinajstić information content (AvgIpc) is 2.15. The Kier molecular flexibility index (Phi) is 2.63. The number of thiocarbonyl (C=S) groups is 1. The fourth-order valence-corrected chi connectivity index (χ4v) is 1.38. The average molecular weight is 160 g/mol. The van der Waals surface area contributed by atoms with E-state index in [1.165, 1.54) is 0 Å². The summed E-state index contributed by atoms with van der Waals surface area (Å²) in [5.74, 6) is 0. The third kappa shape index (κ3) is 1.92. The molecule has 2 nitrogen and oxygen atoms in total. The number of aliphatic hydroxyl groups excluding tert-OH is 1. The minimum atomic E-state index is -0.294. The lowest BCUT2D eigenvalue weighted by atomic mass is 10.3. The van der Waals surface area contributed by atoms with Crippen molar-refractivity contribution < 1.29 is 9.84 Å². The fourth-order valence-electron chi connectivity index (χ4n) is 1.26. The monoisotopic (exact) mass is 160 g/mol. The second-order valence-corrected chi connectivity index (χ2v) is 3.22. The molecule has 2 atom stereocenters. The second-order valence-electron chi connectivity index (χ2n) is 2.65. The molecule has 3 heteroatoms. The number of hydrogen-bond acceptors (Lipinski definition) is 3. The maximum absolute atomic E-state index is 9.25. The summed E-state index contributed by atoms with van der Waals surface area (Å²) in [6, 6.07) is 0. The van der Waals surface area contributed by atoms with Crippen molar-refractivity contribution >= 4 is 17.3 Å². The molecule has 1 N–H and O–H groups in total. The molecule has 1 saturated carbocycles. The quantitative estimate of drug-likeness (QED) is 0.586. The molecule has 0 aliphatic heterocycles. The lowest BCUT2D eigenvalue weighted by Crippen LogP contribution is -2.23. The van der Waals surface area contributed by atoms with Crippen molar-refractivity contribution in [3.63, 3.8) is 0 Å². The van der Waals surface area contributed by atoms with Crippen LogP contribution in [0.3, 0.4) is 0 Å². The zero-order chi connectivity index (χ0) is 7.56. The first kappa shape index (κ1) is 7.95. The van der Waals surface area contributed by atoms with Gasteiger partial charge < -0.3 is 9.84 Å². The van der Waals surface area contributed by atoms with Gasteiger partial charge in [-0.05, 0) is 31.5 Å². The largest absolute Gasteiger partial charge is 0.482 e. The molecular formula is C7H12O2S. The highest BCUT2D eigenvalue weighted by Crippen LogP contribution is 2.21. The molecule has 58 valence electrons. The Labute approximate surface area is 66.2 Å². The molecule has 0 unspecified atom stereocenters. The molecule has 0 spiro atoms. The van der Waals surface area contributed by atoms with Crippen LogP contribution in [0.25, 0.3) is 0 Å². The smallest absolute Gasteiger partial charge is 0.157 e. The van der Waals surface area contributed by atoms with E-state index in [0.717, 1.165) is 19.3 Å². The van der Waals surface area contributed by atoms with Crippen molar-refractivity contribution in [2.45, 2.75) is 38.4 Å². The normalized spacial score (nSPS) is 32.2. The van der Waals surface area contributed by atoms with Gasteiger partial charge in [-0.2, -0.15) is 0 Å². The van der Waals surface area contributed by atoms with Crippen LogP contribution in [0.4, 0.5) is 0 Å². The molecule has 0 saturated heterocycles. The van der Waals surface area contributed by atoms with Crippen LogP contribution in [0, 0.1) is 0 Å². The van der Waals surface area contributed by atoms with E-state index >= 15 is 0 Å². The SMILES string of the molecule is CC(=S)O[C@@H]1CCC[C@H]1O. The Morgan fingerprint density at radius 1 is 1.60 bits per heavy atom. The molecule has 0 aromatic heterocycles. The van der Waals surface area contributed by atoms with Crippen LogP contribution in [0.15, 0.2) is 0 Å². The zero-order valence-corrected chi connectivity index (χ0v) is 6.86. The summed E-state index contributed by atoms with van der Waals surface area (Å²) in [4.78, 5) is 0. The molecular weight excluding hydrogens is 148 g/mol. The van der Waals surface area contributed by atoms with Crippen molar-refractivity contribution in [3.05, 3.63) is 0 Å². The number of rotatable bonds is 1. The molecule has 0 amide bonds. The number of aliphatic hydroxyl groups is 1. The predicted molar refractivity (Wildman–Crippen MR) is 43.0 cm³/mol. The summed E-state index contributed by atoms with van der Waals surface area (Å²) in [7, 11) is 0. The molecule has 0 bridgehead atoms. The minimum absolute atomic E-state index is 0.0301. The standard InChI is InChI=1S/C7H12O2S/c1-5(10)9-7-4-2-3-6(7)8/h6-8H,2-4H2,1H3/t6-,7-/m1/s1. The fraction of sp³-hybridized carbons (Fsp3) is 0.857. The van der Waals surface area contributed by atoms with Gasteiger partial charge in [-0.25, -0.2) is 0 Å². The van der Waals surface area contributed by atoms with E-state index in [-0.39, 0.29) is 12.2 Å². The third-order valence-corrected chi connectivity index (χ3v) is 1.83. The predicted octanol–water partition coefficient (Wildman–Crippen LogP) is 1.26. The van der Waals surface area contributed by atoms with Crippen LogP contribution in [0.1, 0.15) is 26.2 Å². The van der Waals surface area contributed by atoms with Crippen molar-refractivity contribution in [3.8, 4) is 0 Å². The van der Waals surface area contributed by atoms with E-state index in [9.17, 15) is 5.11 Å². The first-order valence-corrected chi connectivity index (χ1v) is 3.96. The van der Waals surface area contributed by atoms with Gasteiger partial charge in [0.1, 0.15) is 6.10 Å². The van der Waals surface area contributed by atoms with Gasteiger partial charge in [0.25, 0.3) is 0 Å². The van der Waals surface area contributed by atoms with Crippen molar-refractivity contribution in [2.24, 2.45) is 0 Å². The molecule has 1 fully saturated rings. The Balaban J connectivity index is 2.33. The molecule has 1 aliphatic carbocycles. The van der Waals surface area contributed by atoms with Gasteiger partial charge in [0, 0.05) is 6.92 Å². The van der Waals surface area contributed by atoms with E-state index in [1.807, 2.05) is 0 Å². The minimum Gasteiger partial charge on any atom is -0.482 e. The van der Waals surface area contributed by atoms with Gasteiger partial charge in [-0.1, -0.05) is 0 Å². The number of ether oxygens (including phenoxy) is 1. The van der Waals surface area contributed by atoms with E-state index in [1.54, 1.807) is 6.92 Å². The van der Waals surface area contributed by atoms with Gasteiger partial charge >= 0.3 is 0 Å². The van der Waals surface area contributed by atoms with E-state index < -0.39 is 0 Å². The van der Waals surface area contributed by atoms with Crippen LogP contribution in [0.5, 0.6) is 0 Å². The molecule has 0 aromatic rings. The van der Waals surface area contributed by atoms with Gasteiger partial charge in [0.2, 0.25) is 0 Å². The van der Waals surface area contributed by atoms with Gasteiger partial charge in [0.05, 0.1) is 6.10 Å². The summed E-state index contributed by atoms with van der Waals surface area (Å²) in [6.45, 7) is 1.74. The molecule has 0 radical (unpaired) electrons. The van der Waals surface area contributed by atoms with Crippen molar-refractivity contribution in [2.75, 3.05) is 0 Å². The van der Waals surface area contributed by atoms with Gasteiger partial charge in [-0.3, -0.25) is 0 Å². The lowest BCUT2D eigenvalue weighted by molar-refractivity contribution is 0.0545. The second kappa shape index (κ2) is 3.30. The third-order valence-electron chi connectivity index (χ3n) is 1.74. The van der Waals surface area contributed by atoms with Crippen molar-refractivity contribution in [1.82, 2.24) is 0 Å². The first-order valence-electron chi connectivity index (χ1n) is 3.55. The molecule has 0 heterocycles. The summed E-state index contributed by atoms with van der Waals surface area (Å²) in [6.07, 6.45) is 2.52. The van der Waals surface area contributed by atoms with Gasteiger partial charge in [0.15, 0.2) is 5.05 Å². The molecule has 0 aromatic carbocycles. The first-order chi connectivity index (χ1) is 4.70. The van der Waals surface area contributed by atoms with Crippen LogP contribution in [-0.4, -0.2) is 22.4 Å². The van der Waals surface area contributed by atoms with Gasteiger partial charge in [-0.15, -0.1) is 0 Å². The van der Waals surface area contributed by atoms with Crippen molar-refractivity contribution in [1.29, 1.82) is 0 Å². The Morgan fingerprint density at radius 3 is 2.70 bits per heavy atom. The van der Waals surface area contributed by atoms with E-state index in [0.29, 0.717) is 5.05 Å². The lowest BCUT2D eigenvalue weighted by Gasteiger charge is -2.15. The van der Waals surface area contributed by atoms with Crippen LogP contribution in [0.2, 0.25) is 0 Å². The summed E-state index contributed by atoms with van der Waals surface area (Å²) >= 11 is 4.75. The van der Waals surface area contributed by atoms with E-state index in [2.05, 4.69) is 0 Å². The summed E-state index contributed by atoms with van der Waals surface area (Å²) < 4.78 is 5.20. The molecule has 10 heavy (non-hydrogen) atoms. The molecule has 1 rings (SSSR count). The zero-order valence-electron chi connectivity index (χ0n) is 6.04.